The highest BCUT2D eigenvalue weighted by molar-refractivity contribution is 7.93. The van der Waals surface area contributed by atoms with Crippen LogP contribution in [0.25, 0.3) is 0 Å². The van der Waals surface area contributed by atoms with Crippen molar-refractivity contribution in [2.24, 2.45) is 0 Å². The molecule has 0 aliphatic rings. The van der Waals surface area contributed by atoms with E-state index in [1.807, 2.05) is 13.8 Å². The van der Waals surface area contributed by atoms with Crippen molar-refractivity contribution in [3.05, 3.63) is 16.7 Å². The van der Waals surface area contributed by atoms with Crippen molar-refractivity contribution < 1.29 is 4.21 Å². The fourth-order valence-corrected chi connectivity index (χ4v) is 1.12. The molecule has 1 nitrogen and oxygen atoms in total. The van der Waals surface area contributed by atoms with Crippen LogP contribution in [0.15, 0.2) is 16.7 Å². The Morgan fingerprint density at radius 3 is 2.18 bits per heavy atom. The van der Waals surface area contributed by atoms with Crippen LogP contribution in [0.4, 0.5) is 0 Å². The van der Waals surface area contributed by atoms with E-state index in [9.17, 15) is 4.21 Å². The molecule has 5 heteroatoms. The smallest absolute Gasteiger partial charge is 0.250 e. The van der Waals surface area contributed by atoms with Crippen LogP contribution in [0.3, 0.4) is 0 Å². The Bertz CT molecular complexity index is 218. The van der Waals surface area contributed by atoms with Gasteiger partial charge in [0, 0.05) is 5.41 Å². The third-order valence-electron chi connectivity index (χ3n) is 0.683. The van der Waals surface area contributed by atoms with Gasteiger partial charge in [0.25, 0.3) is 3.12 Å². The van der Waals surface area contributed by atoms with Crippen LogP contribution in [0.5, 0.6) is 0 Å². The van der Waals surface area contributed by atoms with Crippen molar-refractivity contribution >= 4 is 45.6 Å². The lowest BCUT2D eigenvalue weighted by Crippen LogP contribution is -2.07. The molecular formula is C6H7Cl3OS. The maximum atomic E-state index is 11.0. The zero-order valence-corrected chi connectivity index (χ0v) is 9.11. The lowest BCUT2D eigenvalue weighted by Gasteiger charge is -2.03. The summed E-state index contributed by atoms with van der Waals surface area (Å²) in [6, 6.07) is 0. The first-order valence-electron chi connectivity index (χ1n) is 2.71. The number of alkyl halides is 3. The van der Waals surface area contributed by atoms with E-state index in [1.165, 1.54) is 5.41 Å². The molecule has 0 saturated carbocycles. The SMILES string of the molecule is CC(C)=C=CS(=O)C(Cl)(Cl)Cl. The lowest BCUT2D eigenvalue weighted by atomic mass is 10.4. The van der Waals surface area contributed by atoms with E-state index in [2.05, 4.69) is 5.73 Å². The quantitative estimate of drug-likeness (QED) is 0.502. The van der Waals surface area contributed by atoms with Gasteiger partial charge in [0.1, 0.15) is 10.8 Å². The van der Waals surface area contributed by atoms with Crippen LogP contribution >= 0.6 is 34.8 Å². The van der Waals surface area contributed by atoms with Crippen molar-refractivity contribution in [3.8, 4) is 0 Å². The molecule has 0 aromatic heterocycles. The van der Waals surface area contributed by atoms with Gasteiger partial charge in [-0.05, 0) is 19.4 Å². The van der Waals surface area contributed by atoms with E-state index >= 15 is 0 Å². The summed E-state index contributed by atoms with van der Waals surface area (Å²) in [5.41, 5.74) is 3.57. The van der Waals surface area contributed by atoms with Crippen LogP contribution < -0.4 is 0 Å². The number of halogens is 3. The minimum atomic E-state index is -1.75. The van der Waals surface area contributed by atoms with Gasteiger partial charge in [-0.15, -0.1) is 5.73 Å². The summed E-state index contributed by atoms with van der Waals surface area (Å²) in [5, 5.41) is 1.24. The standard InChI is InChI=1S/C6H7Cl3OS/c1-5(2)3-4-11(10)6(7,8)9/h4H,1-2H3. The Hall–Kier alpha value is 0.540. The van der Waals surface area contributed by atoms with Crippen LogP contribution in [0.2, 0.25) is 0 Å². The number of hydrogen-bond acceptors (Lipinski definition) is 1. The number of rotatable bonds is 1. The first-order chi connectivity index (χ1) is 4.84. The highest BCUT2D eigenvalue weighted by atomic mass is 35.6. The molecule has 0 aromatic rings. The topological polar surface area (TPSA) is 17.1 Å². The maximum absolute atomic E-state index is 11.0. The van der Waals surface area contributed by atoms with Crippen molar-refractivity contribution in [3.63, 3.8) is 0 Å². The van der Waals surface area contributed by atoms with Gasteiger partial charge in [0.2, 0.25) is 0 Å². The average Bonchev–Trinajstić information content (AvgIpc) is 1.80. The Kier molecular flexibility index (Phi) is 4.76. The molecule has 0 N–H and O–H groups in total. The maximum Gasteiger partial charge on any atom is 0.270 e. The van der Waals surface area contributed by atoms with Crippen LogP contribution in [0, 0.1) is 0 Å². The van der Waals surface area contributed by atoms with Gasteiger partial charge in [0.05, 0.1) is 0 Å². The molecule has 11 heavy (non-hydrogen) atoms. The zero-order chi connectivity index (χ0) is 9.07. The predicted molar refractivity (Wildman–Crippen MR) is 51.4 cm³/mol. The Labute approximate surface area is 83.5 Å². The van der Waals surface area contributed by atoms with Crippen molar-refractivity contribution in [1.29, 1.82) is 0 Å². The van der Waals surface area contributed by atoms with Crippen LogP contribution in [-0.4, -0.2) is 7.33 Å². The summed E-state index contributed by atoms with van der Waals surface area (Å²) in [7, 11) is -1.62. The van der Waals surface area contributed by atoms with Gasteiger partial charge in [-0.1, -0.05) is 34.8 Å². The van der Waals surface area contributed by atoms with Gasteiger partial charge in [-0.2, -0.15) is 0 Å². The third kappa shape index (κ3) is 5.77. The van der Waals surface area contributed by atoms with Gasteiger partial charge in [-0.25, -0.2) is 4.21 Å². The second-order valence-corrected chi connectivity index (χ2v) is 6.40. The van der Waals surface area contributed by atoms with Gasteiger partial charge in [0.15, 0.2) is 0 Å². The minimum absolute atomic E-state index is 0.882. The predicted octanol–water partition coefficient (Wildman–Crippen LogP) is 3.14. The van der Waals surface area contributed by atoms with E-state index in [4.69, 9.17) is 34.8 Å². The Balaban J connectivity index is 4.45. The van der Waals surface area contributed by atoms with E-state index in [-0.39, 0.29) is 0 Å². The summed E-state index contributed by atoms with van der Waals surface area (Å²) in [6.45, 7) is 3.62. The van der Waals surface area contributed by atoms with E-state index in [1.54, 1.807) is 0 Å². The van der Waals surface area contributed by atoms with Crippen molar-refractivity contribution in [2.45, 2.75) is 17.0 Å². The summed E-state index contributed by atoms with van der Waals surface area (Å²) in [6.07, 6.45) is 0. The molecule has 0 amide bonds. The molecule has 0 saturated heterocycles. The fourth-order valence-electron chi connectivity index (χ4n) is 0.238. The second kappa shape index (κ2) is 4.54. The molecule has 0 spiro atoms. The van der Waals surface area contributed by atoms with Crippen LogP contribution in [0.1, 0.15) is 13.8 Å². The second-order valence-electron chi connectivity index (χ2n) is 2.01. The molecule has 0 rings (SSSR count). The molecule has 0 heterocycles. The molecule has 0 bridgehead atoms. The zero-order valence-electron chi connectivity index (χ0n) is 6.03. The number of allylic oxidation sites excluding steroid dienone is 1. The van der Waals surface area contributed by atoms with E-state index in [0.29, 0.717) is 0 Å². The first-order valence-corrected chi connectivity index (χ1v) is 5.06. The minimum Gasteiger partial charge on any atom is -0.250 e. The Morgan fingerprint density at radius 2 is 1.91 bits per heavy atom. The normalized spacial score (nSPS) is 13.5. The number of hydrogen-bond donors (Lipinski definition) is 0. The first kappa shape index (κ1) is 11.5. The van der Waals surface area contributed by atoms with Gasteiger partial charge >= 0.3 is 0 Å². The lowest BCUT2D eigenvalue weighted by molar-refractivity contribution is 0.688. The molecule has 64 valence electrons. The monoisotopic (exact) mass is 232 g/mol. The highest BCUT2D eigenvalue weighted by Crippen LogP contribution is 2.30. The largest absolute Gasteiger partial charge is 0.270 e. The van der Waals surface area contributed by atoms with Gasteiger partial charge < -0.3 is 0 Å². The summed E-state index contributed by atoms with van der Waals surface area (Å²) in [5.74, 6) is 0. The molecular weight excluding hydrogens is 226 g/mol. The molecule has 0 aliphatic heterocycles. The Morgan fingerprint density at radius 1 is 1.45 bits per heavy atom. The average molecular weight is 234 g/mol. The highest BCUT2D eigenvalue weighted by Gasteiger charge is 2.26. The summed E-state index contributed by atoms with van der Waals surface area (Å²) >= 11 is 16.0. The molecule has 0 radical (unpaired) electrons. The van der Waals surface area contributed by atoms with Crippen molar-refractivity contribution in [1.82, 2.24) is 0 Å². The van der Waals surface area contributed by atoms with E-state index < -0.39 is 13.9 Å². The van der Waals surface area contributed by atoms with E-state index in [0.717, 1.165) is 5.57 Å². The summed E-state index contributed by atoms with van der Waals surface area (Å²) < 4.78 is 9.21. The molecule has 1 unspecified atom stereocenters. The van der Waals surface area contributed by atoms with Crippen molar-refractivity contribution in [2.75, 3.05) is 0 Å². The fraction of sp³-hybridized carbons (Fsp3) is 0.500. The van der Waals surface area contributed by atoms with Crippen LogP contribution in [-0.2, 0) is 10.8 Å². The molecule has 1 atom stereocenters. The van der Waals surface area contributed by atoms with Gasteiger partial charge in [-0.3, -0.25) is 0 Å². The molecule has 0 aromatic carbocycles. The molecule has 0 fully saturated rings. The third-order valence-corrected chi connectivity index (χ3v) is 2.84. The molecule has 0 aliphatic carbocycles. The summed E-state index contributed by atoms with van der Waals surface area (Å²) in [4.78, 5) is 0.